The Morgan fingerprint density at radius 1 is 0.771 bits per heavy atom. The average Bonchev–Trinajstić information content (AvgIpc) is 3.06. The van der Waals surface area contributed by atoms with Gasteiger partial charge in [0.05, 0.1) is 23.2 Å². The molecule has 1 unspecified atom stereocenters. The summed E-state index contributed by atoms with van der Waals surface area (Å²) in [6.07, 6.45) is 15.4. The Hall–Kier alpha value is -3.10. The molecule has 3 aromatic rings. The van der Waals surface area contributed by atoms with Gasteiger partial charge in [-0.15, -0.1) is 0 Å². The van der Waals surface area contributed by atoms with Gasteiger partial charge in [-0.2, -0.15) is 0 Å². The number of Topliss-reactive ketones (excluding diaryl/α,β-unsaturated/α-hetero) is 1. The summed E-state index contributed by atoms with van der Waals surface area (Å²) < 4.78 is 49.3. The molecule has 0 aromatic heterocycles. The fourth-order valence-electron chi connectivity index (χ4n) is 6.59. The molecule has 0 aliphatic heterocycles. The summed E-state index contributed by atoms with van der Waals surface area (Å²) >= 11 is 0. The summed E-state index contributed by atoms with van der Waals surface area (Å²) in [6, 6.07) is 17.0. The first-order chi connectivity index (χ1) is 23.1. The van der Waals surface area contributed by atoms with Crippen molar-refractivity contribution >= 4 is 32.4 Å². The first-order valence-electron chi connectivity index (χ1n) is 18.0. The van der Waals surface area contributed by atoms with Gasteiger partial charge < -0.3 is 9.47 Å². The molecule has 48 heavy (non-hydrogen) atoms. The maximum absolute atomic E-state index is 13.2. The van der Waals surface area contributed by atoms with Crippen molar-refractivity contribution in [2.24, 2.45) is 5.92 Å². The van der Waals surface area contributed by atoms with Crippen LogP contribution < -0.4 is 4.74 Å². The molecule has 262 valence electrons. The maximum atomic E-state index is 13.2. The molecule has 3 aromatic carbocycles. The first-order valence-corrected chi connectivity index (χ1v) is 19.8. The Kier molecular flexibility index (Phi) is 15.1. The summed E-state index contributed by atoms with van der Waals surface area (Å²) in [7, 11) is -3.55. The molecule has 6 nitrogen and oxygen atoms in total. The molecule has 8 heteroatoms. The molecule has 0 heterocycles. The second-order valence-corrected chi connectivity index (χ2v) is 15.6. The number of carbonyl (C=O) groups is 2. The van der Waals surface area contributed by atoms with Gasteiger partial charge in [0.1, 0.15) is 11.9 Å². The minimum Gasteiger partial charge on any atom is -0.423 e. The smallest absolute Gasteiger partial charge is 0.343 e. The van der Waals surface area contributed by atoms with Gasteiger partial charge in [0.2, 0.25) is 0 Å². The van der Waals surface area contributed by atoms with E-state index in [0.29, 0.717) is 22.4 Å². The van der Waals surface area contributed by atoms with E-state index in [9.17, 15) is 22.4 Å². The van der Waals surface area contributed by atoms with Crippen LogP contribution in [0.2, 0.25) is 0 Å². The van der Waals surface area contributed by atoms with E-state index in [1.165, 1.54) is 64.7 Å². The number of ether oxygens (including phenoxy) is 2. The molecule has 4 rings (SSSR count). The Morgan fingerprint density at radius 2 is 1.35 bits per heavy atom. The highest BCUT2D eigenvalue weighted by Gasteiger charge is 2.27. The predicted octanol–water partition coefficient (Wildman–Crippen LogP) is 10.0. The van der Waals surface area contributed by atoms with Gasteiger partial charge in [0, 0.05) is 18.1 Å². The summed E-state index contributed by atoms with van der Waals surface area (Å²) in [5, 5.41) is 1.56. The van der Waals surface area contributed by atoms with Crippen LogP contribution in [0.1, 0.15) is 130 Å². The fourth-order valence-corrected chi connectivity index (χ4v) is 8.10. The number of alkyl halides is 1. The number of hydrogen-bond donors (Lipinski definition) is 0. The van der Waals surface area contributed by atoms with Gasteiger partial charge in [-0.25, -0.2) is 17.6 Å². The molecule has 0 spiro atoms. The molecule has 1 aliphatic rings. The molecule has 1 fully saturated rings. The molecule has 1 saturated carbocycles. The number of fused-ring (bicyclic) bond motifs is 1. The zero-order valence-electron chi connectivity index (χ0n) is 28.8. The third-order valence-corrected chi connectivity index (χ3v) is 11.0. The van der Waals surface area contributed by atoms with Gasteiger partial charge in [0.25, 0.3) is 0 Å². The zero-order chi connectivity index (χ0) is 34.4. The van der Waals surface area contributed by atoms with Crippen molar-refractivity contribution in [1.29, 1.82) is 0 Å². The van der Waals surface area contributed by atoms with Gasteiger partial charge in [-0.3, -0.25) is 4.79 Å². The predicted molar refractivity (Wildman–Crippen MR) is 191 cm³/mol. The molecular formula is C40H53FO6S. The standard InChI is InChI=1S/C40H53FO6S/c1-3-4-5-6-7-8-9-10-11-12-25-46-37-22-19-33(20-23-37)39(42)32-15-17-34(18-16-32)40(43)47-38-24-21-35-26-31(13-14-36(35)27-38)29-48(44,45)28-30(2)41/h13-18,21,24,26-27,30,33,37H,3-12,19-20,22-23,25,28-29H2,1-2H3. The molecule has 0 saturated heterocycles. The molecular weight excluding hydrogens is 627 g/mol. The number of esters is 1. The Bertz CT molecular complexity index is 1560. The third kappa shape index (κ3) is 12.4. The fraction of sp³-hybridized carbons (Fsp3) is 0.550. The number of hydrogen-bond acceptors (Lipinski definition) is 6. The monoisotopic (exact) mass is 680 g/mol. The first kappa shape index (κ1) is 37.7. The summed E-state index contributed by atoms with van der Waals surface area (Å²) in [6.45, 7) is 4.30. The van der Waals surface area contributed by atoms with Gasteiger partial charge in [-0.1, -0.05) is 101 Å². The van der Waals surface area contributed by atoms with E-state index in [4.69, 9.17) is 9.47 Å². The number of benzene rings is 3. The average molecular weight is 681 g/mol. The van der Waals surface area contributed by atoms with Crippen LogP contribution in [-0.2, 0) is 20.3 Å². The van der Waals surface area contributed by atoms with Crippen LogP contribution in [0, 0.1) is 5.92 Å². The molecule has 1 atom stereocenters. The number of unbranched alkanes of at least 4 members (excludes halogenated alkanes) is 9. The van der Waals surface area contributed by atoms with E-state index < -0.39 is 27.7 Å². The van der Waals surface area contributed by atoms with Crippen molar-refractivity contribution in [2.75, 3.05) is 12.4 Å². The van der Waals surface area contributed by atoms with Crippen LogP contribution in [0.3, 0.4) is 0 Å². The van der Waals surface area contributed by atoms with E-state index in [1.807, 2.05) is 0 Å². The topological polar surface area (TPSA) is 86.7 Å². The highest BCUT2D eigenvalue weighted by Crippen LogP contribution is 2.30. The summed E-state index contributed by atoms with van der Waals surface area (Å²) in [5.74, 6) is -0.829. The van der Waals surface area contributed by atoms with E-state index in [2.05, 4.69) is 6.92 Å². The highest BCUT2D eigenvalue weighted by atomic mass is 32.2. The largest absolute Gasteiger partial charge is 0.423 e. The lowest BCUT2D eigenvalue weighted by Gasteiger charge is -2.27. The number of carbonyl (C=O) groups excluding carboxylic acids is 2. The minimum absolute atomic E-state index is 0.0227. The Morgan fingerprint density at radius 3 is 2.00 bits per heavy atom. The quantitative estimate of drug-likeness (QED) is 0.0511. The van der Waals surface area contributed by atoms with Crippen LogP contribution in [0.15, 0.2) is 60.7 Å². The zero-order valence-corrected chi connectivity index (χ0v) is 29.6. The van der Waals surface area contributed by atoms with E-state index in [1.54, 1.807) is 60.7 Å². The van der Waals surface area contributed by atoms with Crippen LogP contribution in [0.5, 0.6) is 5.75 Å². The van der Waals surface area contributed by atoms with Crippen molar-refractivity contribution in [3.63, 3.8) is 0 Å². The van der Waals surface area contributed by atoms with E-state index in [0.717, 1.165) is 49.5 Å². The maximum Gasteiger partial charge on any atom is 0.343 e. The van der Waals surface area contributed by atoms with Crippen molar-refractivity contribution in [3.05, 3.63) is 77.4 Å². The lowest BCUT2D eigenvalue weighted by Crippen LogP contribution is -2.26. The van der Waals surface area contributed by atoms with Gasteiger partial charge >= 0.3 is 5.97 Å². The van der Waals surface area contributed by atoms with Crippen molar-refractivity contribution in [1.82, 2.24) is 0 Å². The number of halogens is 1. The third-order valence-electron chi connectivity index (χ3n) is 9.26. The van der Waals surface area contributed by atoms with Crippen LogP contribution in [0.4, 0.5) is 4.39 Å². The summed E-state index contributed by atoms with van der Waals surface area (Å²) in [5.41, 5.74) is 1.52. The van der Waals surface area contributed by atoms with Crippen molar-refractivity contribution in [3.8, 4) is 5.75 Å². The van der Waals surface area contributed by atoms with Gasteiger partial charge in [0.15, 0.2) is 15.6 Å². The summed E-state index contributed by atoms with van der Waals surface area (Å²) in [4.78, 5) is 26.1. The van der Waals surface area contributed by atoms with E-state index >= 15 is 0 Å². The van der Waals surface area contributed by atoms with Gasteiger partial charge in [-0.05, 0) is 79.6 Å². The number of ketones is 1. The van der Waals surface area contributed by atoms with Crippen molar-refractivity contribution < 1.29 is 31.9 Å². The van der Waals surface area contributed by atoms with E-state index in [-0.39, 0.29) is 23.6 Å². The minimum atomic E-state index is -3.55. The van der Waals surface area contributed by atoms with Crippen LogP contribution in [-0.4, -0.2) is 44.8 Å². The lowest BCUT2D eigenvalue weighted by atomic mass is 9.82. The lowest BCUT2D eigenvalue weighted by molar-refractivity contribution is 0.0168. The molecule has 0 N–H and O–H groups in total. The second kappa shape index (κ2) is 19.2. The van der Waals surface area contributed by atoms with Crippen LogP contribution in [0.25, 0.3) is 10.8 Å². The highest BCUT2D eigenvalue weighted by molar-refractivity contribution is 7.90. The normalized spacial score (nSPS) is 17.3. The van der Waals surface area contributed by atoms with Crippen LogP contribution >= 0.6 is 0 Å². The second-order valence-electron chi connectivity index (χ2n) is 13.5. The Labute approximate surface area is 286 Å². The van der Waals surface area contributed by atoms with Crippen molar-refractivity contribution in [2.45, 2.75) is 122 Å². The number of rotatable bonds is 20. The molecule has 1 aliphatic carbocycles. The number of sulfone groups is 1. The SMILES string of the molecule is CCCCCCCCCCCCOC1CCC(C(=O)c2ccc(C(=O)Oc3ccc4cc(CS(=O)(=O)CC(C)F)ccc4c3)cc2)CC1. The molecule has 0 bridgehead atoms. The Balaban J connectivity index is 1.17. The molecule has 0 radical (unpaired) electrons. The molecule has 0 amide bonds.